The van der Waals surface area contributed by atoms with Crippen molar-refractivity contribution in [2.45, 2.75) is 58.4 Å². The van der Waals surface area contributed by atoms with Crippen LogP contribution in [0.1, 0.15) is 62.8 Å². The number of hydrogen-bond acceptors (Lipinski definition) is 4. The van der Waals surface area contributed by atoms with Gasteiger partial charge in [0.05, 0.1) is 30.3 Å². The summed E-state index contributed by atoms with van der Waals surface area (Å²) in [4.78, 5) is 21.9. The van der Waals surface area contributed by atoms with E-state index >= 15 is 0 Å². The van der Waals surface area contributed by atoms with Gasteiger partial charge < -0.3 is 9.47 Å². The standard InChI is InChI=1S/C20H31N5O/c1-4-24(13-15(2)12-21)19(26)14-25-11-7-10-18(25)20-22-16-8-5-6-9-17(16)23(20)3/h15,18H,4-11,13-14H2,1-3H3/t15-,18+/m0/s1. The number of nitrogens with zero attached hydrogens (tertiary/aromatic N) is 5. The Morgan fingerprint density at radius 1 is 1.38 bits per heavy atom. The van der Waals surface area contributed by atoms with Crippen molar-refractivity contribution in [2.24, 2.45) is 13.0 Å². The number of aryl methyl sites for hydroxylation is 1. The van der Waals surface area contributed by atoms with Crippen LogP contribution in [0, 0.1) is 17.2 Å². The average Bonchev–Trinajstić information content (AvgIpc) is 3.23. The molecule has 0 spiro atoms. The van der Waals surface area contributed by atoms with Gasteiger partial charge in [0.1, 0.15) is 5.82 Å². The van der Waals surface area contributed by atoms with Gasteiger partial charge in [-0.2, -0.15) is 5.26 Å². The second-order valence-corrected chi connectivity index (χ2v) is 7.72. The maximum atomic E-state index is 12.8. The van der Waals surface area contributed by atoms with Crippen molar-refractivity contribution in [1.29, 1.82) is 5.26 Å². The molecule has 6 nitrogen and oxygen atoms in total. The van der Waals surface area contributed by atoms with Gasteiger partial charge in [-0.25, -0.2) is 4.98 Å². The molecular weight excluding hydrogens is 326 g/mol. The fourth-order valence-electron chi connectivity index (χ4n) is 4.36. The van der Waals surface area contributed by atoms with E-state index in [1.54, 1.807) is 0 Å². The molecule has 0 bridgehead atoms. The smallest absolute Gasteiger partial charge is 0.236 e. The molecule has 0 saturated carbocycles. The van der Waals surface area contributed by atoms with Gasteiger partial charge in [-0.15, -0.1) is 0 Å². The molecule has 3 rings (SSSR count). The number of fused-ring (bicyclic) bond motifs is 1. The maximum Gasteiger partial charge on any atom is 0.236 e. The second-order valence-electron chi connectivity index (χ2n) is 7.72. The molecule has 26 heavy (non-hydrogen) atoms. The van der Waals surface area contributed by atoms with Gasteiger partial charge >= 0.3 is 0 Å². The molecule has 0 N–H and O–H groups in total. The number of nitriles is 1. The highest BCUT2D eigenvalue weighted by atomic mass is 16.2. The zero-order chi connectivity index (χ0) is 18.7. The molecule has 1 saturated heterocycles. The molecule has 6 heteroatoms. The van der Waals surface area contributed by atoms with Gasteiger partial charge in [0.2, 0.25) is 5.91 Å². The van der Waals surface area contributed by atoms with Crippen molar-refractivity contribution in [2.75, 3.05) is 26.2 Å². The first-order valence-electron chi connectivity index (χ1n) is 10.0. The summed E-state index contributed by atoms with van der Waals surface area (Å²) in [5.41, 5.74) is 2.66. The van der Waals surface area contributed by atoms with E-state index in [9.17, 15) is 4.79 Å². The Kier molecular flexibility index (Phi) is 5.98. The normalized spacial score (nSPS) is 21.2. The molecule has 0 aromatic carbocycles. The summed E-state index contributed by atoms with van der Waals surface area (Å²) in [6.45, 7) is 6.39. The number of aromatic nitrogens is 2. The number of likely N-dealkylation sites (tertiary alicyclic amines) is 1. The van der Waals surface area contributed by atoms with E-state index < -0.39 is 0 Å². The fraction of sp³-hybridized carbons (Fsp3) is 0.750. The fourth-order valence-corrected chi connectivity index (χ4v) is 4.36. The third-order valence-electron chi connectivity index (χ3n) is 5.86. The van der Waals surface area contributed by atoms with Crippen molar-refractivity contribution in [1.82, 2.24) is 19.4 Å². The number of carbonyl (C=O) groups is 1. The predicted molar refractivity (Wildman–Crippen MR) is 100 cm³/mol. The van der Waals surface area contributed by atoms with Crippen LogP contribution >= 0.6 is 0 Å². The number of hydrogen-bond donors (Lipinski definition) is 0. The first-order chi connectivity index (χ1) is 12.5. The summed E-state index contributed by atoms with van der Waals surface area (Å²) >= 11 is 0. The average molecular weight is 358 g/mol. The van der Waals surface area contributed by atoms with Crippen LogP contribution in [0.3, 0.4) is 0 Å². The van der Waals surface area contributed by atoms with Crippen molar-refractivity contribution >= 4 is 5.91 Å². The Balaban J connectivity index is 1.71. The maximum absolute atomic E-state index is 12.8. The summed E-state index contributed by atoms with van der Waals surface area (Å²) < 4.78 is 2.29. The summed E-state index contributed by atoms with van der Waals surface area (Å²) in [6, 6.07) is 2.46. The van der Waals surface area contributed by atoms with E-state index in [2.05, 4.69) is 22.6 Å². The molecule has 0 radical (unpaired) electrons. The number of amides is 1. The SMILES string of the molecule is CCN(C[C@@H](C)C#N)C(=O)CN1CCC[C@@H]1c1nc2c(n1C)CCCC2. The van der Waals surface area contributed by atoms with Gasteiger partial charge in [0.25, 0.3) is 0 Å². The number of rotatable bonds is 6. The third-order valence-corrected chi connectivity index (χ3v) is 5.86. The second kappa shape index (κ2) is 8.22. The molecule has 1 amide bonds. The molecule has 1 aliphatic heterocycles. The van der Waals surface area contributed by atoms with Gasteiger partial charge in [-0.05, 0) is 58.9 Å². The van der Waals surface area contributed by atoms with Crippen molar-refractivity contribution in [3.8, 4) is 6.07 Å². The molecule has 1 aromatic rings. The first-order valence-corrected chi connectivity index (χ1v) is 10.0. The van der Waals surface area contributed by atoms with Crippen LogP contribution in [0.2, 0.25) is 0 Å². The minimum Gasteiger partial charge on any atom is -0.341 e. The lowest BCUT2D eigenvalue weighted by Gasteiger charge is -2.28. The van der Waals surface area contributed by atoms with Crippen molar-refractivity contribution in [3.05, 3.63) is 17.2 Å². The quantitative estimate of drug-likeness (QED) is 0.784. The Morgan fingerprint density at radius 2 is 2.15 bits per heavy atom. The highest BCUT2D eigenvalue weighted by Crippen LogP contribution is 2.33. The monoisotopic (exact) mass is 357 g/mol. The lowest BCUT2D eigenvalue weighted by Crippen LogP contribution is -2.42. The van der Waals surface area contributed by atoms with Crippen LogP contribution < -0.4 is 0 Å². The Hall–Kier alpha value is -1.87. The van der Waals surface area contributed by atoms with E-state index in [0.29, 0.717) is 19.6 Å². The predicted octanol–water partition coefficient (Wildman–Crippen LogP) is 2.44. The molecule has 2 heterocycles. The molecule has 2 atom stereocenters. The zero-order valence-corrected chi connectivity index (χ0v) is 16.4. The number of carbonyl (C=O) groups excluding carboxylic acids is 1. The van der Waals surface area contributed by atoms with Gasteiger partial charge in [-0.3, -0.25) is 9.69 Å². The van der Waals surface area contributed by atoms with Crippen molar-refractivity contribution in [3.63, 3.8) is 0 Å². The molecule has 1 fully saturated rings. The minimum atomic E-state index is -0.130. The Bertz CT molecular complexity index is 689. The topological polar surface area (TPSA) is 65.2 Å². The first kappa shape index (κ1) is 18.9. The zero-order valence-electron chi connectivity index (χ0n) is 16.4. The molecule has 2 aliphatic rings. The van der Waals surface area contributed by atoms with E-state index in [-0.39, 0.29) is 17.9 Å². The molecule has 1 aromatic heterocycles. The summed E-state index contributed by atoms with van der Waals surface area (Å²) in [6.07, 6.45) is 6.87. The molecule has 142 valence electrons. The number of likely N-dealkylation sites (N-methyl/N-ethyl adjacent to an activating group) is 1. The highest BCUT2D eigenvalue weighted by Gasteiger charge is 2.33. The van der Waals surface area contributed by atoms with E-state index in [4.69, 9.17) is 10.2 Å². The molecular formula is C20H31N5O. The van der Waals surface area contributed by atoms with E-state index in [1.807, 2.05) is 18.7 Å². The van der Waals surface area contributed by atoms with Crippen LogP contribution in [0.25, 0.3) is 0 Å². The van der Waals surface area contributed by atoms with Gasteiger partial charge in [-0.1, -0.05) is 0 Å². The highest BCUT2D eigenvalue weighted by molar-refractivity contribution is 5.78. The van der Waals surface area contributed by atoms with Crippen LogP contribution in [-0.4, -0.2) is 51.4 Å². The van der Waals surface area contributed by atoms with Crippen molar-refractivity contribution < 1.29 is 4.79 Å². The van der Waals surface area contributed by atoms with Crippen LogP contribution in [0.15, 0.2) is 0 Å². The van der Waals surface area contributed by atoms with Crippen LogP contribution in [-0.2, 0) is 24.7 Å². The summed E-state index contributed by atoms with van der Waals surface area (Å²) in [5.74, 6) is 1.13. The summed E-state index contributed by atoms with van der Waals surface area (Å²) in [7, 11) is 2.14. The van der Waals surface area contributed by atoms with E-state index in [1.165, 1.54) is 24.2 Å². The number of imidazole rings is 1. The minimum absolute atomic E-state index is 0.125. The van der Waals surface area contributed by atoms with Crippen LogP contribution in [0.5, 0.6) is 0 Å². The van der Waals surface area contributed by atoms with E-state index in [0.717, 1.165) is 38.1 Å². The van der Waals surface area contributed by atoms with Gasteiger partial charge in [0, 0.05) is 25.8 Å². The van der Waals surface area contributed by atoms with Gasteiger partial charge in [0.15, 0.2) is 0 Å². The molecule has 0 unspecified atom stereocenters. The largest absolute Gasteiger partial charge is 0.341 e. The Morgan fingerprint density at radius 3 is 2.85 bits per heavy atom. The van der Waals surface area contributed by atoms with Crippen LogP contribution in [0.4, 0.5) is 0 Å². The molecule has 1 aliphatic carbocycles. The third kappa shape index (κ3) is 3.78. The lowest BCUT2D eigenvalue weighted by molar-refractivity contribution is -0.132. The lowest BCUT2D eigenvalue weighted by atomic mass is 10.0. The Labute approximate surface area is 156 Å². The summed E-state index contributed by atoms with van der Waals surface area (Å²) in [5, 5.41) is 9.04.